The number of nitrogens with zero attached hydrogens (tertiary/aromatic N) is 5. The Morgan fingerprint density at radius 2 is 2.00 bits per heavy atom. The maximum atomic E-state index is 13.3. The summed E-state index contributed by atoms with van der Waals surface area (Å²) >= 11 is 0. The number of pyridine rings is 1. The van der Waals surface area contributed by atoms with Crippen LogP contribution in [0.4, 0.5) is 24.8 Å². The third-order valence-electron chi connectivity index (χ3n) is 6.37. The van der Waals surface area contributed by atoms with E-state index in [4.69, 9.17) is 0 Å². The summed E-state index contributed by atoms with van der Waals surface area (Å²) in [5.41, 5.74) is 1.72. The van der Waals surface area contributed by atoms with Crippen molar-refractivity contribution in [2.24, 2.45) is 4.99 Å². The topological polar surface area (TPSA) is 95.6 Å². The van der Waals surface area contributed by atoms with E-state index >= 15 is 0 Å². The van der Waals surface area contributed by atoms with Crippen molar-refractivity contribution in [2.45, 2.75) is 32.6 Å². The molecule has 5 rings (SSSR count). The first-order valence-electron chi connectivity index (χ1n) is 11.8. The quantitative estimate of drug-likeness (QED) is 0.522. The zero-order chi connectivity index (χ0) is 26.3. The molecule has 0 saturated carbocycles. The number of benzene rings is 1. The number of aliphatic hydroxyl groups excluding tert-OH is 1. The van der Waals surface area contributed by atoms with Gasteiger partial charge in [0.25, 0.3) is 5.56 Å². The van der Waals surface area contributed by atoms with Gasteiger partial charge in [-0.1, -0.05) is 12.1 Å². The van der Waals surface area contributed by atoms with E-state index < -0.39 is 17.8 Å². The van der Waals surface area contributed by atoms with Crippen LogP contribution in [0.25, 0.3) is 11.6 Å². The molecule has 1 atom stereocenters. The zero-order valence-corrected chi connectivity index (χ0v) is 20.3. The van der Waals surface area contributed by atoms with Crippen molar-refractivity contribution in [2.75, 3.05) is 29.9 Å². The predicted octanol–water partition coefficient (Wildman–Crippen LogP) is 3.90. The molecule has 11 heteroatoms. The summed E-state index contributed by atoms with van der Waals surface area (Å²) in [7, 11) is 0. The first-order valence-corrected chi connectivity index (χ1v) is 11.8. The van der Waals surface area contributed by atoms with Crippen LogP contribution in [0.5, 0.6) is 0 Å². The number of hydrogen-bond acceptors (Lipinski definition) is 7. The SMILES string of the molecule is Cc1nc(N[C@H](C)c2cccc(C(F)(F)F)c2)c2c(n1)N1CCN=C1C(c1ccc(=O)n(CCO)c1)=C2. The zero-order valence-electron chi connectivity index (χ0n) is 20.3. The van der Waals surface area contributed by atoms with Crippen LogP contribution in [-0.2, 0) is 12.7 Å². The van der Waals surface area contributed by atoms with Gasteiger partial charge in [0, 0.05) is 42.5 Å². The maximum Gasteiger partial charge on any atom is 0.416 e. The Bertz CT molecular complexity index is 1480. The number of alkyl halides is 3. The molecule has 2 aliphatic heterocycles. The molecule has 0 spiro atoms. The molecule has 1 aromatic carbocycles. The summed E-state index contributed by atoms with van der Waals surface area (Å²) in [4.78, 5) is 28.1. The van der Waals surface area contributed by atoms with Crippen LogP contribution in [0.15, 0.2) is 52.4 Å². The Kier molecular flexibility index (Phi) is 6.32. The fraction of sp³-hybridized carbons (Fsp3) is 0.308. The molecule has 8 nitrogen and oxygen atoms in total. The summed E-state index contributed by atoms with van der Waals surface area (Å²) < 4.78 is 41.2. The number of aliphatic hydroxyl groups is 1. The van der Waals surface area contributed by atoms with E-state index in [9.17, 15) is 23.1 Å². The van der Waals surface area contributed by atoms with Crippen LogP contribution < -0.4 is 15.8 Å². The summed E-state index contributed by atoms with van der Waals surface area (Å²) in [6, 6.07) is 7.90. The number of aliphatic imine (C=N–C) groups is 1. The van der Waals surface area contributed by atoms with Gasteiger partial charge in [0.05, 0.1) is 24.3 Å². The lowest BCUT2D eigenvalue weighted by atomic mass is 9.98. The fourth-order valence-corrected chi connectivity index (χ4v) is 4.57. The molecule has 0 radical (unpaired) electrons. The van der Waals surface area contributed by atoms with Crippen molar-refractivity contribution in [3.05, 3.63) is 81.0 Å². The molecular weight excluding hydrogens is 485 g/mol. The van der Waals surface area contributed by atoms with Crippen molar-refractivity contribution in [3.8, 4) is 0 Å². The highest BCUT2D eigenvalue weighted by Gasteiger charge is 2.33. The highest BCUT2D eigenvalue weighted by molar-refractivity contribution is 6.36. The van der Waals surface area contributed by atoms with E-state index in [1.165, 1.54) is 16.7 Å². The van der Waals surface area contributed by atoms with Crippen LogP contribution in [0.2, 0.25) is 0 Å². The lowest BCUT2D eigenvalue weighted by molar-refractivity contribution is -0.137. The van der Waals surface area contributed by atoms with E-state index in [2.05, 4.69) is 20.3 Å². The Balaban J connectivity index is 1.58. The van der Waals surface area contributed by atoms with Gasteiger partial charge in [0.15, 0.2) is 0 Å². The monoisotopic (exact) mass is 510 g/mol. The molecule has 2 N–H and O–H groups in total. The average molecular weight is 511 g/mol. The van der Waals surface area contributed by atoms with E-state index in [-0.39, 0.29) is 18.7 Å². The Morgan fingerprint density at radius 1 is 1.19 bits per heavy atom. The second-order valence-corrected chi connectivity index (χ2v) is 8.93. The first-order chi connectivity index (χ1) is 17.7. The largest absolute Gasteiger partial charge is 0.416 e. The average Bonchev–Trinajstić information content (AvgIpc) is 3.35. The summed E-state index contributed by atoms with van der Waals surface area (Å²) in [5, 5.41) is 12.6. The van der Waals surface area contributed by atoms with Crippen LogP contribution in [-0.4, -0.2) is 45.2 Å². The molecule has 0 fully saturated rings. The molecule has 0 bridgehead atoms. The number of fused-ring (bicyclic) bond motifs is 3. The number of halogens is 3. The highest BCUT2D eigenvalue weighted by atomic mass is 19.4. The number of hydrogen-bond donors (Lipinski definition) is 2. The second-order valence-electron chi connectivity index (χ2n) is 8.93. The van der Waals surface area contributed by atoms with Crippen molar-refractivity contribution in [1.29, 1.82) is 0 Å². The molecule has 3 aromatic rings. The molecule has 0 amide bonds. The van der Waals surface area contributed by atoms with Crippen molar-refractivity contribution in [1.82, 2.24) is 14.5 Å². The van der Waals surface area contributed by atoms with Gasteiger partial charge in [-0.05, 0) is 43.7 Å². The number of anilines is 2. The molecule has 4 heterocycles. The number of nitrogens with one attached hydrogen (secondary N) is 1. The summed E-state index contributed by atoms with van der Waals surface area (Å²) in [6.45, 7) is 4.70. The van der Waals surface area contributed by atoms with Gasteiger partial charge in [-0.2, -0.15) is 13.2 Å². The molecule has 0 aliphatic carbocycles. The molecule has 0 saturated heterocycles. The lowest BCUT2D eigenvalue weighted by Gasteiger charge is -2.29. The smallest absolute Gasteiger partial charge is 0.395 e. The number of amidine groups is 1. The Morgan fingerprint density at radius 3 is 2.76 bits per heavy atom. The lowest BCUT2D eigenvalue weighted by Crippen LogP contribution is -2.33. The minimum absolute atomic E-state index is 0.163. The van der Waals surface area contributed by atoms with E-state index in [0.717, 1.165) is 29.1 Å². The van der Waals surface area contributed by atoms with Crippen molar-refractivity contribution < 1.29 is 18.3 Å². The van der Waals surface area contributed by atoms with Crippen LogP contribution >= 0.6 is 0 Å². The number of aryl methyl sites for hydroxylation is 1. The number of aromatic nitrogens is 3. The van der Waals surface area contributed by atoms with Crippen molar-refractivity contribution >= 4 is 29.1 Å². The van der Waals surface area contributed by atoms with Gasteiger partial charge in [-0.15, -0.1) is 0 Å². The fourth-order valence-electron chi connectivity index (χ4n) is 4.57. The van der Waals surface area contributed by atoms with Gasteiger partial charge in [-0.3, -0.25) is 9.79 Å². The van der Waals surface area contributed by atoms with Crippen molar-refractivity contribution in [3.63, 3.8) is 0 Å². The van der Waals surface area contributed by atoms with E-state index in [1.54, 1.807) is 32.2 Å². The van der Waals surface area contributed by atoms with Gasteiger partial charge >= 0.3 is 6.18 Å². The molecule has 192 valence electrons. The van der Waals surface area contributed by atoms with E-state index in [0.29, 0.717) is 41.7 Å². The maximum absolute atomic E-state index is 13.3. The standard InChI is InChI=1S/C26H25F3N6O2/c1-15(17-4-3-5-19(12-17)26(27,28)29)31-23-21-13-20(18-6-7-22(37)34(14-18)10-11-36)24-30-8-9-35(24)25(21)33-16(2)32-23/h3-7,12-15,36H,8-11H2,1-2H3,(H,31,32,33)/t15-/m1/s1. The summed E-state index contributed by atoms with van der Waals surface area (Å²) in [5.74, 6) is 2.38. The Hall–Kier alpha value is -3.99. The van der Waals surface area contributed by atoms with Gasteiger partial charge < -0.3 is 19.9 Å². The normalized spacial score (nSPS) is 15.6. The van der Waals surface area contributed by atoms with Crippen LogP contribution in [0.1, 0.15) is 41.0 Å². The molecule has 2 aromatic heterocycles. The van der Waals surface area contributed by atoms with Gasteiger partial charge in [0.1, 0.15) is 23.3 Å². The molecular formula is C26H25F3N6O2. The van der Waals surface area contributed by atoms with E-state index in [1.807, 2.05) is 11.0 Å². The Labute approximate surface area is 210 Å². The third kappa shape index (κ3) is 4.74. The third-order valence-corrected chi connectivity index (χ3v) is 6.37. The predicted molar refractivity (Wildman–Crippen MR) is 136 cm³/mol. The van der Waals surface area contributed by atoms with Gasteiger partial charge in [-0.25, -0.2) is 9.97 Å². The van der Waals surface area contributed by atoms with Crippen LogP contribution in [0.3, 0.4) is 0 Å². The molecule has 37 heavy (non-hydrogen) atoms. The second kappa shape index (κ2) is 9.47. The van der Waals surface area contributed by atoms with Crippen LogP contribution in [0, 0.1) is 6.92 Å². The van der Waals surface area contributed by atoms with Gasteiger partial charge in [0.2, 0.25) is 0 Å². The molecule has 2 aliphatic rings. The summed E-state index contributed by atoms with van der Waals surface area (Å²) in [6.07, 6.45) is -0.864. The first kappa shape index (κ1) is 24.7. The minimum Gasteiger partial charge on any atom is -0.395 e. The minimum atomic E-state index is -4.43. The number of rotatable bonds is 6. The molecule has 0 unspecified atom stereocenters. The highest BCUT2D eigenvalue weighted by Crippen LogP contribution is 2.39.